The minimum Gasteiger partial charge on any atom is -0.463 e. The van der Waals surface area contributed by atoms with E-state index in [0.29, 0.717) is 24.1 Å². The number of aromatic amines is 1. The zero-order chi connectivity index (χ0) is 22.2. The molecule has 10 nitrogen and oxygen atoms in total. The Bertz CT molecular complexity index is 1000. The number of aromatic nitrogens is 5. The van der Waals surface area contributed by atoms with E-state index >= 15 is 0 Å². The number of nitrogens with zero attached hydrogens (tertiary/aromatic N) is 5. The average molecular weight is 536 g/mol. The molecule has 0 aliphatic rings. The summed E-state index contributed by atoms with van der Waals surface area (Å²) in [6.07, 6.45) is 2.41. The first-order chi connectivity index (χ1) is 14.9. The normalized spacial score (nSPS) is 10.9. The Morgan fingerprint density at radius 1 is 1.29 bits per heavy atom. The number of carbonyl (C=O) groups is 1. The second-order valence-electron chi connectivity index (χ2n) is 7.16. The summed E-state index contributed by atoms with van der Waals surface area (Å²) in [5.41, 5.74) is 2.51. The van der Waals surface area contributed by atoms with E-state index in [1.165, 1.54) is 6.33 Å². The number of aryl methyl sites for hydroxylation is 1. The lowest BCUT2D eigenvalue weighted by Gasteiger charge is -2.09. The van der Waals surface area contributed by atoms with Gasteiger partial charge in [-0.25, -0.2) is 4.98 Å². The highest BCUT2D eigenvalue weighted by Gasteiger charge is 2.12. The molecule has 1 amide bonds. The van der Waals surface area contributed by atoms with Gasteiger partial charge in [-0.1, -0.05) is 12.1 Å². The molecule has 3 N–H and O–H groups in total. The van der Waals surface area contributed by atoms with E-state index < -0.39 is 0 Å². The van der Waals surface area contributed by atoms with Crippen LogP contribution in [-0.2, 0) is 11.2 Å². The van der Waals surface area contributed by atoms with Crippen LogP contribution in [0.3, 0.4) is 0 Å². The highest BCUT2D eigenvalue weighted by Crippen LogP contribution is 2.22. The van der Waals surface area contributed by atoms with E-state index in [2.05, 4.69) is 63.3 Å². The number of hydrogen-bond donors (Lipinski definition) is 3. The fraction of sp³-hybridized carbons (Fsp3) is 0.350. The largest absolute Gasteiger partial charge is 0.463 e. The van der Waals surface area contributed by atoms with Crippen LogP contribution in [0, 0.1) is 10.5 Å². The van der Waals surface area contributed by atoms with Gasteiger partial charge in [0.25, 0.3) is 0 Å². The summed E-state index contributed by atoms with van der Waals surface area (Å²) < 4.78 is 6.55. The number of para-hydroxylation sites is 1. The number of ether oxygens (including phenoxy) is 1. The van der Waals surface area contributed by atoms with E-state index in [9.17, 15) is 4.79 Å². The van der Waals surface area contributed by atoms with Crippen molar-refractivity contribution < 1.29 is 9.53 Å². The van der Waals surface area contributed by atoms with Crippen LogP contribution >= 0.6 is 22.6 Å². The summed E-state index contributed by atoms with van der Waals surface area (Å²) in [6.45, 7) is 3.40. The summed E-state index contributed by atoms with van der Waals surface area (Å²) in [4.78, 5) is 26.8. The summed E-state index contributed by atoms with van der Waals surface area (Å²) in [6, 6.07) is 7.87. The monoisotopic (exact) mass is 536 g/mol. The molecule has 0 fully saturated rings. The van der Waals surface area contributed by atoms with Gasteiger partial charge in [-0.3, -0.25) is 9.89 Å². The van der Waals surface area contributed by atoms with Crippen LogP contribution in [0.1, 0.15) is 17.7 Å². The van der Waals surface area contributed by atoms with Crippen molar-refractivity contribution in [2.45, 2.75) is 19.8 Å². The number of carbonyl (C=O) groups excluding carboxylic acids is 1. The molecular formula is C20H25IN8O2. The molecule has 0 saturated carbocycles. The first-order valence-corrected chi connectivity index (χ1v) is 10.8. The Kier molecular flexibility index (Phi) is 8.12. The molecule has 0 radical (unpaired) electrons. The van der Waals surface area contributed by atoms with Crippen molar-refractivity contribution in [1.82, 2.24) is 30.0 Å². The van der Waals surface area contributed by atoms with Crippen molar-refractivity contribution in [1.29, 1.82) is 0 Å². The Labute approximate surface area is 194 Å². The van der Waals surface area contributed by atoms with E-state index in [-0.39, 0.29) is 18.3 Å². The van der Waals surface area contributed by atoms with Crippen LogP contribution in [0.15, 0.2) is 30.6 Å². The van der Waals surface area contributed by atoms with Crippen molar-refractivity contribution >= 4 is 46.0 Å². The third-order valence-electron chi connectivity index (χ3n) is 4.24. The van der Waals surface area contributed by atoms with Gasteiger partial charge >= 0.3 is 6.01 Å². The minimum atomic E-state index is -0.129. The number of benzene rings is 1. The standard InChI is InChI=1S/C20H25IN8O2/c1-13-6-4-7-15(21)18(13)25-17(30)11-14-10-16(28-27-14)24-19-22-12-23-20(26-19)31-9-5-8-29(2)3/h4,6-7,10,12H,5,8-9,11H2,1-3H3,(H,25,30)(H2,22,23,24,26,27,28). The molecule has 3 aromatic rings. The molecule has 0 saturated heterocycles. The van der Waals surface area contributed by atoms with Gasteiger partial charge in [0.1, 0.15) is 6.33 Å². The summed E-state index contributed by atoms with van der Waals surface area (Å²) >= 11 is 2.21. The van der Waals surface area contributed by atoms with Gasteiger partial charge < -0.3 is 20.3 Å². The molecule has 31 heavy (non-hydrogen) atoms. The SMILES string of the molecule is Cc1cccc(I)c1NC(=O)Cc1cc(Nc2ncnc(OCCCN(C)C)n2)n[nH]1. The maximum atomic E-state index is 12.4. The number of H-pyrrole nitrogens is 1. The van der Waals surface area contributed by atoms with E-state index in [4.69, 9.17) is 4.74 Å². The highest BCUT2D eigenvalue weighted by atomic mass is 127. The number of halogens is 1. The molecule has 0 aliphatic heterocycles. The van der Waals surface area contributed by atoms with Crippen LogP contribution < -0.4 is 15.4 Å². The van der Waals surface area contributed by atoms with E-state index in [1.54, 1.807) is 6.07 Å². The lowest BCUT2D eigenvalue weighted by atomic mass is 10.2. The third kappa shape index (κ3) is 7.14. The van der Waals surface area contributed by atoms with Crippen LogP contribution in [0.4, 0.5) is 17.5 Å². The lowest BCUT2D eigenvalue weighted by molar-refractivity contribution is -0.115. The van der Waals surface area contributed by atoms with Crippen LogP contribution in [0.25, 0.3) is 0 Å². The first-order valence-electron chi connectivity index (χ1n) is 9.73. The quantitative estimate of drug-likeness (QED) is 0.267. The van der Waals surface area contributed by atoms with E-state index in [1.807, 2.05) is 39.2 Å². The lowest BCUT2D eigenvalue weighted by Crippen LogP contribution is -2.16. The van der Waals surface area contributed by atoms with Gasteiger partial charge in [0, 0.05) is 21.9 Å². The maximum absolute atomic E-state index is 12.4. The number of rotatable bonds is 10. The molecule has 0 aliphatic carbocycles. The number of hydrogen-bond acceptors (Lipinski definition) is 8. The van der Waals surface area contributed by atoms with Gasteiger partial charge in [0.2, 0.25) is 11.9 Å². The molecule has 2 aromatic heterocycles. The Balaban J connectivity index is 1.54. The number of anilines is 3. The first kappa shape index (κ1) is 22.9. The third-order valence-corrected chi connectivity index (χ3v) is 5.14. The van der Waals surface area contributed by atoms with Crippen molar-refractivity contribution in [3.05, 3.63) is 45.4 Å². The summed E-state index contributed by atoms with van der Waals surface area (Å²) in [5.74, 6) is 0.684. The molecule has 0 bridgehead atoms. The Morgan fingerprint density at radius 2 is 2.13 bits per heavy atom. The van der Waals surface area contributed by atoms with E-state index in [0.717, 1.165) is 27.8 Å². The van der Waals surface area contributed by atoms with Gasteiger partial charge in [-0.05, 0) is 61.7 Å². The van der Waals surface area contributed by atoms with Crippen molar-refractivity contribution in [3.63, 3.8) is 0 Å². The van der Waals surface area contributed by atoms with Crippen molar-refractivity contribution in [2.24, 2.45) is 0 Å². The molecule has 3 rings (SSSR count). The Morgan fingerprint density at radius 3 is 2.90 bits per heavy atom. The summed E-state index contributed by atoms with van der Waals surface area (Å²) in [7, 11) is 4.02. The van der Waals surface area contributed by atoms with Crippen LogP contribution in [-0.4, -0.2) is 63.2 Å². The highest BCUT2D eigenvalue weighted by molar-refractivity contribution is 14.1. The maximum Gasteiger partial charge on any atom is 0.321 e. The average Bonchev–Trinajstić information content (AvgIpc) is 3.15. The molecule has 0 spiro atoms. The number of nitrogens with one attached hydrogen (secondary N) is 3. The molecule has 0 unspecified atom stereocenters. The van der Waals surface area contributed by atoms with Gasteiger partial charge in [-0.2, -0.15) is 15.1 Å². The fourth-order valence-electron chi connectivity index (χ4n) is 2.73. The smallest absolute Gasteiger partial charge is 0.321 e. The summed E-state index contributed by atoms with van der Waals surface area (Å²) in [5, 5.41) is 13.0. The zero-order valence-corrected chi connectivity index (χ0v) is 19.8. The second-order valence-corrected chi connectivity index (χ2v) is 8.32. The van der Waals surface area contributed by atoms with Crippen molar-refractivity contribution in [3.8, 4) is 6.01 Å². The van der Waals surface area contributed by atoms with Gasteiger partial charge in [-0.15, -0.1) is 0 Å². The molecule has 0 atom stereocenters. The topological polar surface area (TPSA) is 121 Å². The molecular weight excluding hydrogens is 511 g/mol. The molecule has 2 heterocycles. The van der Waals surface area contributed by atoms with Gasteiger partial charge in [0.05, 0.1) is 18.7 Å². The van der Waals surface area contributed by atoms with Gasteiger partial charge in [0.15, 0.2) is 5.82 Å². The predicted molar refractivity (Wildman–Crippen MR) is 127 cm³/mol. The van der Waals surface area contributed by atoms with Crippen LogP contribution in [0.2, 0.25) is 0 Å². The van der Waals surface area contributed by atoms with Crippen molar-refractivity contribution in [2.75, 3.05) is 37.9 Å². The Hall–Kier alpha value is -2.80. The van der Waals surface area contributed by atoms with Crippen LogP contribution in [0.5, 0.6) is 6.01 Å². The molecule has 11 heteroatoms. The minimum absolute atomic E-state index is 0.129. The second kappa shape index (κ2) is 11.0. The molecule has 164 valence electrons. The predicted octanol–water partition coefficient (Wildman–Crippen LogP) is 2.76. The zero-order valence-electron chi connectivity index (χ0n) is 17.6. The molecule has 1 aromatic carbocycles. The fourth-order valence-corrected chi connectivity index (χ4v) is 3.50. The number of amides is 1.